The molecule has 0 aliphatic carbocycles. The molecule has 0 unspecified atom stereocenters. The number of hydrogen-bond acceptors (Lipinski definition) is 3. The fourth-order valence-electron chi connectivity index (χ4n) is 3.26. The first-order chi connectivity index (χ1) is 11.9. The van der Waals surface area contributed by atoms with Gasteiger partial charge in [-0.05, 0) is 17.5 Å². The normalized spacial score (nSPS) is 11.7. The Hall–Kier alpha value is -3.09. The molecule has 0 saturated carbocycles. The van der Waals surface area contributed by atoms with Crippen LogP contribution >= 0.6 is 0 Å². The van der Waals surface area contributed by atoms with Gasteiger partial charge in [-0.1, -0.05) is 31.2 Å². The standard InChI is InChI=1S/C18H19N5O2/c1-5-11-6-8-12(9-7-11)13-10-23-14-15(19-17(23)20(13)2)21(3)18(25)22(4)16(14)24/h6-10H,5H2,1-4H3. The van der Waals surface area contributed by atoms with E-state index >= 15 is 0 Å². The van der Waals surface area contributed by atoms with Gasteiger partial charge in [0.25, 0.3) is 5.56 Å². The number of aromatic nitrogens is 5. The molecule has 0 amide bonds. The van der Waals surface area contributed by atoms with Gasteiger partial charge in [0.05, 0.1) is 5.69 Å². The van der Waals surface area contributed by atoms with Gasteiger partial charge < -0.3 is 4.57 Å². The zero-order valence-electron chi connectivity index (χ0n) is 14.6. The topological polar surface area (TPSA) is 66.2 Å². The van der Waals surface area contributed by atoms with Crippen LogP contribution in [0.3, 0.4) is 0 Å². The van der Waals surface area contributed by atoms with Crippen molar-refractivity contribution in [1.29, 1.82) is 0 Å². The largest absolute Gasteiger partial charge is 0.332 e. The molecule has 1 aromatic carbocycles. The van der Waals surface area contributed by atoms with Crippen LogP contribution in [0.25, 0.3) is 28.2 Å². The molecule has 3 heterocycles. The van der Waals surface area contributed by atoms with Crippen LogP contribution in [0.4, 0.5) is 0 Å². The van der Waals surface area contributed by atoms with E-state index in [1.54, 1.807) is 11.4 Å². The summed E-state index contributed by atoms with van der Waals surface area (Å²) in [5.74, 6) is 0.628. The number of aryl methyl sites for hydroxylation is 3. The first-order valence-corrected chi connectivity index (χ1v) is 8.16. The Morgan fingerprint density at radius 1 is 0.960 bits per heavy atom. The second-order valence-electron chi connectivity index (χ2n) is 6.28. The predicted molar refractivity (Wildman–Crippen MR) is 97.0 cm³/mol. The first-order valence-electron chi connectivity index (χ1n) is 8.16. The minimum absolute atomic E-state index is 0.343. The van der Waals surface area contributed by atoms with E-state index in [-0.39, 0.29) is 11.2 Å². The zero-order valence-corrected chi connectivity index (χ0v) is 14.6. The highest BCUT2D eigenvalue weighted by molar-refractivity contribution is 5.78. The Morgan fingerprint density at radius 2 is 1.64 bits per heavy atom. The number of fused-ring (bicyclic) bond motifs is 3. The summed E-state index contributed by atoms with van der Waals surface area (Å²) in [6.45, 7) is 2.12. The monoisotopic (exact) mass is 337 g/mol. The maximum atomic E-state index is 12.6. The number of rotatable bonds is 2. The van der Waals surface area contributed by atoms with Crippen molar-refractivity contribution in [1.82, 2.24) is 23.1 Å². The number of nitrogens with zero attached hydrogens (tertiary/aromatic N) is 5. The van der Waals surface area contributed by atoms with Gasteiger partial charge in [-0.15, -0.1) is 0 Å². The second kappa shape index (κ2) is 5.20. The molecular weight excluding hydrogens is 318 g/mol. The third-order valence-corrected chi connectivity index (χ3v) is 4.84. The molecule has 0 atom stereocenters. The summed E-state index contributed by atoms with van der Waals surface area (Å²) in [6, 6.07) is 8.35. The van der Waals surface area contributed by atoms with E-state index in [0.29, 0.717) is 16.9 Å². The van der Waals surface area contributed by atoms with Crippen molar-refractivity contribution in [2.75, 3.05) is 0 Å². The summed E-state index contributed by atoms with van der Waals surface area (Å²) in [5.41, 5.74) is 3.37. The van der Waals surface area contributed by atoms with Crippen molar-refractivity contribution >= 4 is 16.9 Å². The maximum absolute atomic E-state index is 12.6. The van der Waals surface area contributed by atoms with Crippen LogP contribution in [-0.2, 0) is 27.6 Å². The van der Waals surface area contributed by atoms with E-state index < -0.39 is 0 Å². The third-order valence-electron chi connectivity index (χ3n) is 4.84. The average molecular weight is 337 g/mol. The highest BCUT2D eigenvalue weighted by Gasteiger charge is 2.19. The minimum Gasteiger partial charge on any atom is -0.313 e. The lowest BCUT2D eigenvalue weighted by molar-refractivity contribution is 0.708. The molecule has 7 heteroatoms. The molecule has 0 fully saturated rings. The number of benzene rings is 1. The van der Waals surface area contributed by atoms with Gasteiger partial charge in [0.15, 0.2) is 11.2 Å². The lowest BCUT2D eigenvalue weighted by atomic mass is 10.1. The lowest BCUT2D eigenvalue weighted by Crippen LogP contribution is -2.37. The van der Waals surface area contributed by atoms with Gasteiger partial charge in [0.1, 0.15) is 0 Å². The fraction of sp³-hybridized carbons (Fsp3) is 0.278. The summed E-state index contributed by atoms with van der Waals surface area (Å²) in [6.07, 6.45) is 2.89. The van der Waals surface area contributed by atoms with Crippen molar-refractivity contribution < 1.29 is 0 Å². The van der Waals surface area contributed by atoms with Crippen LogP contribution in [0.1, 0.15) is 12.5 Å². The molecule has 0 radical (unpaired) electrons. The number of hydrogen-bond donors (Lipinski definition) is 0. The molecule has 0 saturated heterocycles. The molecule has 0 bridgehead atoms. The summed E-state index contributed by atoms with van der Waals surface area (Å²) in [7, 11) is 5.02. The molecule has 4 rings (SSSR count). The Kier molecular flexibility index (Phi) is 3.21. The Morgan fingerprint density at radius 3 is 2.28 bits per heavy atom. The van der Waals surface area contributed by atoms with E-state index in [1.165, 1.54) is 17.2 Å². The van der Waals surface area contributed by atoms with Crippen LogP contribution in [0.2, 0.25) is 0 Å². The minimum atomic E-state index is -0.378. The second-order valence-corrected chi connectivity index (χ2v) is 6.28. The van der Waals surface area contributed by atoms with Gasteiger partial charge >= 0.3 is 5.69 Å². The van der Waals surface area contributed by atoms with Gasteiger partial charge in [0, 0.05) is 27.3 Å². The third kappa shape index (κ3) is 2.02. The summed E-state index contributed by atoms with van der Waals surface area (Å²) in [5, 5.41) is 0. The maximum Gasteiger partial charge on any atom is 0.332 e. The van der Waals surface area contributed by atoms with Gasteiger partial charge in [-0.2, -0.15) is 4.98 Å². The molecule has 0 N–H and O–H groups in total. The van der Waals surface area contributed by atoms with Crippen LogP contribution in [0.5, 0.6) is 0 Å². The van der Waals surface area contributed by atoms with Crippen molar-refractivity contribution in [3.63, 3.8) is 0 Å². The smallest absolute Gasteiger partial charge is 0.313 e. The van der Waals surface area contributed by atoms with E-state index in [9.17, 15) is 9.59 Å². The lowest BCUT2D eigenvalue weighted by Gasteiger charge is -2.04. The molecule has 128 valence electrons. The fourth-order valence-corrected chi connectivity index (χ4v) is 3.26. The Balaban J connectivity index is 2.06. The molecule has 0 spiro atoms. The van der Waals surface area contributed by atoms with Crippen LogP contribution < -0.4 is 11.2 Å². The molecule has 25 heavy (non-hydrogen) atoms. The molecule has 7 nitrogen and oxygen atoms in total. The first kappa shape index (κ1) is 15.4. The molecule has 4 aromatic rings. The van der Waals surface area contributed by atoms with E-state index in [2.05, 4.69) is 36.2 Å². The summed E-state index contributed by atoms with van der Waals surface area (Å²) < 4.78 is 6.21. The van der Waals surface area contributed by atoms with E-state index in [4.69, 9.17) is 0 Å². The van der Waals surface area contributed by atoms with Crippen LogP contribution in [-0.4, -0.2) is 23.1 Å². The quantitative estimate of drug-likeness (QED) is 0.556. The summed E-state index contributed by atoms with van der Waals surface area (Å²) in [4.78, 5) is 29.2. The molecule has 0 aliphatic rings. The van der Waals surface area contributed by atoms with Crippen molar-refractivity contribution in [3.8, 4) is 11.3 Å². The van der Waals surface area contributed by atoms with Gasteiger partial charge in [-0.25, -0.2) is 4.79 Å². The van der Waals surface area contributed by atoms with Crippen molar-refractivity contribution in [3.05, 3.63) is 56.9 Å². The molecule has 3 aromatic heterocycles. The van der Waals surface area contributed by atoms with E-state index in [1.807, 2.05) is 17.8 Å². The Bertz CT molecular complexity index is 1240. The SMILES string of the molecule is CCc1ccc(-c2cn3c4c(=O)n(C)c(=O)n(C)c4nc3n2C)cc1. The number of imidazole rings is 2. The molecular formula is C18H19N5O2. The van der Waals surface area contributed by atoms with Gasteiger partial charge in [0.2, 0.25) is 5.78 Å². The zero-order chi connectivity index (χ0) is 17.9. The van der Waals surface area contributed by atoms with Crippen molar-refractivity contribution in [2.45, 2.75) is 13.3 Å². The van der Waals surface area contributed by atoms with Crippen LogP contribution in [0.15, 0.2) is 40.1 Å². The summed E-state index contributed by atoms with van der Waals surface area (Å²) >= 11 is 0. The van der Waals surface area contributed by atoms with Crippen LogP contribution in [0, 0.1) is 0 Å². The van der Waals surface area contributed by atoms with Gasteiger partial charge in [-0.3, -0.25) is 18.3 Å². The Labute approximate surface area is 143 Å². The van der Waals surface area contributed by atoms with E-state index in [0.717, 1.165) is 22.2 Å². The van der Waals surface area contributed by atoms with Crippen molar-refractivity contribution in [2.24, 2.45) is 21.1 Å². The average Bonchev–Trinajstić information content (AvgIpc) is 3.15. The molecule has 0 aliphatic heterocycles. The highest BCUT2D eigenvalue weighted by Crippen LogP contribution is 2.24. The predicted octanol–water partition coefficient (Wildman–Crippen LogP) is 1.45. The highest BCUT2D eigenvalue weighted by atomic mass is 16.2.